The lowest BCUT2D eigenvalue weighted by Crippen LogP contribution is -2.38. The van der Waals surface area contributed by atoms with Gasteiger partial charge in [-0.05, 0) is 67.2 Å². The van der Waals surface area contributed by atoms with Crippen molar-refractivity contribution >= 4 is 23.6 Å². The van der Waals surface area contributed by atoms with Crippen molar-refractivity contribution in [2.45, 2.75) is 39.7 Å². The van der Waals surface area contributed by atoms with Gasteiger partial charge < -0.3 is 9.32 Å². The summed E-state index contributed by atoms with van der Waals surface area (Å²) in [5.74, 6) is 2.74. The van der Waals surface area contributed by atoms with E-state index in [1.807, 2.05) is 36.1 Å². The molecule has 1 fully saturated rings. The van der Waals surface area contributed by atoms with E-state index in [-0.39, 0.29) is 5.91 Å². The fourth-order valence-electron chi connectivity index (χ4n) is 3.78. The van der Waals surface area contributed by atoms with Crippen LogP contribution in [0.1, 0.15) is 41.4 Å². The fourth-order valence-corrected chi connectivity index (χ4v) is 3.98. The third-order valence-corrected chi connectivity index (χ3v) is 5.67. The molecule has 1 aliphatic rings. The molecule has 0 spiro atoms. The first-order chi connectivity index (χ1) is 15.0. The highest BCUT2D eigenvalue weighted by Crippen LogP contribution is 2.23. The van der Waals surface area contributed by atoms with Crippen molar-refractivity contribution < 1.29 is 9.21 Å². The number of rotatable bonds is 6. The molecule has 2 aromatic heterocycles. The predicted molar refractivity (Wildman–Crippen MR) is 116 cm³/mol. The SMILES string of the molecule is Cc1nnn(Cc2cc(Cl)ccc2C=CC(=O)N2CCC(Cc3ncc(C)o3)CC2)n1. The molecule has 3 heterocycles. The first-order valence-electron chi connectivity index (χ1n) is 10.4. The van der Waals surface area contributed by atoms with Crippen LogP contribution in [0.3, 0.4) is 0 Å². The molecular weight excluding hydrogens is 416 g/mol. The third-order valence-electron chi connectivity index (χ3n) is 5.43. The molecule has 9 heteroatoms. The van der Waals surface area contributed by atoms with E-state index in [2.05, 4.69) is 20.4 Å². The lowest BCUT2D eigenvalue weighted by Gasteiger charge is -2.30. The lowest BCUT2D eigenvalue weighted by atomic mass is 9.93. The van der Waals surface area contributed by atoms with Crippen LogP contribution in [0.15, 0.2) is 34.9 Å². The van der Waals surface area contributed by atoms with Crippen LogP contribution in [-0.2, 0) is 17.8 Å². The van der Waals surface area contributed by atoms with Crippen LogP contribution in [-0.4, -0.2) is 49.1 Å². The average molecular weight is 441 g/mol. The highest BCUT2D eigenvalue weighted by atomic mass is 35.5. The van der Waals surface area contributed by atoms with Gasteiger partial charge in [-0.25, -0.2) is 4.98 Å². The van der Waals surface area contributed by atoms with E-state index in [0.29, 0.717) is 23.3 Å². The van der Waals surface area contributed by atoms with Crippen LogP contribution in [0, 0.1) is 19.8 Å². The lowest BCUT2D eigenvalue weighted by molar-refractivity contribution is -0.127. The minimum Gasteiger partial charge on any atom is -0.446 e. The monoisotopic (exact) mass is 440 g/mol. The van der Waals surface area contributed by atoms with Gasteiger partial charge in [0.2, 0.25) is 5.91 Å². The molecule has 0 bridgehead atoms. The molecule has 162 valence electrons. The second kappa shape index (κ2) is 9.43. The number of likely N-dealkylation sites (tertiary alicyclic amines) is 1. The Morgan fingerprint density at radius 3 is 2.77 bits per heavy atom. The molecule has 0 unspecified atom stereocenters. The Balaban J connectivity index is 1.36. The van der Waals surface area contributed by atoms with Crippen LogP contribution in [0.25, 0.3) is 6.08 Å². The Labute approximate surface area is 185 Å². The number of carbonyl (C=O) groups excluding carboxylic acids is 1. The van der Waals surface area contributed by atoms with Gasteiger partial charge in [-0.3, -0.25) is 4.79 Å². The van der Waals surface area contributed by atoms with E-state index in [1.165, 1.54) is 4.80 Å². The highest BCUT2D eigenvalue weighted by molar-refractivity contribution is 6.30. The van der Waals surface area contributed by atoms with E-state index in [1.54, 1.807) is 19.2 Å². The predicted octanol–water partition coefficient (Wildman–Crippen LogP) is 3.47. The number of benzene rings is 1. The van der Waals surface area contributed by atoms with E-state index in [4.69, 9.17) is 16.0 Å². The zero-order chi connectivity index (χ0) is 21.8. The Bertz CT molecular complexity index is 1080. The average Bonchev–Trinajstić information content (AvgIpc) is 3.35. The number of oxazole rings is 1. The largest absolute Gasteiger partial charge is 0.446 e. The Kier molecular flexibility index (Phi) is 6.46. The van der Waals surface area contributed by atoms with Gasteiger partial charge in [-0.15, -0.1) is 10.2 Å². The third kappa shape index (κ3) is 5.58. The van der Waals surface area contributed by atoms with Crippen molar-refractivity contribution in [3.63, 3.8) is 0 Å². The van der Waals surface area contributed by atoms with Gasteiger partial charge in [0, 0.05) is 30.6 Å². The Hall–Kier alpha value is -3.00. The summed E-state index contributed by atoms with van der Waals surface area (Å²) in [6, 6.07) is 5.57. The maximum absolute atomic E-state index is 12.7. The molecule has 0 N–H and O–H groups in total. The number of amides is 1. The number of nitrogens with zero attached hydrogens (tertiary/aromatic N) is 6. The Morgan fingerprint density at radius 2 is 2.10 bits per heavy atom. The number of hydrogen-bond donors (Lipinski definition) is 0. The molecular formula is C22H25ClN6O2. The molecule has 1 aromatic carbocycles. The maximum Gasteiger partial charge on any atom is 0.246 e. The van der Waals surface area contributed by atoms with Crippen molar-refractivity contribution in [2.24, 2.45) is 5.92 Å². The molecule has 1 aliphatic heterocycles. The van der Waals surface area contributed by atoms with Gasteiger partial charge in [0.15, 0.2) is 11.7 Å². The summed E-state index contributed by atoms with van der Waals surface area (Å²) in [6.45, 7) is 5.60. The van der Waals surface area contributed by atoms with Crippen LogP contribution in [0.5, 0.6) is 0 Å². The van der Waals surface area contributed by atoms with Crippen molar-refractivity contribution in [1.82, 2.24) is 30.1 Å². The molecule has 1 saturated heterocycles. The van der Waals surface area contributed by atoms with E-state index < -0.39 is 0 Å². The number of aromatic nitrogens is 5. The van der Waals surface area contributed by atoms with Gasteiger partial charge >= 0.3 is 0 Å². The normalized spacial score (nSPS) is 15.1. The van der Waals surface area contributed by atoms with Gasteiger partial charge in [0.1, 0.15) is 5.76 Å². The van der Waals surface area contributed by atoms with Crippen molar-refractivity contribution in [3.8, 4) is 0 Å². The van der Waals surface area contributed by atoms with E-state index in [0.717, 1.165) is 55.1 Å². The summed E-state index contributed by atoms with van der Waals surface area (Å²) < 4.78 is 5.58. The van der Waals surface area contributed by atoms with Gasteiger partial charge in [-0.1, -0.05) is 17.7 Å². The summed E-state index contributed by atoms with van der Waals surface area (Å²) in [5, 5.41) is 12.8. The quantitative estimate of drug-likeness (QED) is 0.545. The molecule has 0 aliphatic carbocycles. The number of carbonyl (C=O) groups is 1. The molecule has 0 saturated carbocycles. The van der Waals surface area contributed by atoms with Gasteiger partial charge in [0.05, 0.1) is 12.7 Å². The van der Waals surface area contributed by atoms with Crippen LogP contribution < -0.4 is 0 Å². The molecule has 1 amide bonds. The minimum absolute atomic E-state index is 0.0149. The summed E-state index contributed by atoms with van der Waals surface area (Å²) in [6.07, 6.45) is 7.94. The van der Waals surface area contributed by atoms with Gasteiger partial charge in [0.25, 0.3) is 0 Å². The molecule has 0 radical (unpaired) electrons. The highest BCUT2D eigenvalue weighted by Gasteiger charge is 2.23. The zero-order valence-corrected chi connectivity index (χ0v) is 18.4. The fraction of sp³-hybridized carbons (Fsp3) is 0.409. The first-order valence-corrected chi connectivity index (χ1v) is 10.7. The molecule has 0 atom stereocenters. The molecule has 8 nitrogen and oxygen atoms in total. The number of hydrogen-bond acceptors (Lipinski definition) is 6. The van der Waals surface area contributed by atoms with E-state index in [9.17, 15) is 4.79 Å². The maximum atomic E-state index is 12.7. The van der Waals surface area contributed by atoms with Crippen LogP contribution in [0.2, 0.25) is 5.02 Å². The van der Waals surface area contributed by atoms with E-state index >= 15 is 0 Å². The first kappa shape index (κ1) is 21.2. The van der Waals surface area contributed by atoms with Crippen molar-refractivity contribution in [1.29, 1.82) is 0 Å². The number of aryl methyl sites for hydroxylation is 2. The minimum atomic E-state index is 0.0149. The summed E-state index contributed by atoms with van der Waals surface area (Å²) in [7, 11) is 0. The topological polar surface area (TPSA) is 89.9 Å². The van der Waals surface area contributed by atoms with Crippen LogP contribution >= 0.6 is 11.6 Å². The second-order valence-electron chi connectivity index (χ2n) is 7.88. The summed E-state index contributed by atoms with van der Waals surface area (Å²) >= 11 is 6.17. The molecule has 31 heavy (non-hydrogen) atoms. The second-order valence-corrected chi connectivity index (χ2v) is 8.32. The van der Waals surface area contributed by atoms with Gasteiger partial charge in [-0.2, -0.15) is 4.80 Å². The number of halogens is 1. The number of piperidine rings is 1. The smallest absolute Gasteiger partial charge is 0.246 e. The standard InChI is InChI=1S/C22H25ClN6O2/c1-15-13-24-21(31-15)11-17-7-9-28(10-8-17)22(30)6-4-18-3-5-20(23)12-19(18)14-29-26-16(2)25-27-29/h3-6,12-13,17H,7-11,14H2,1-2H3. The van der Waals surface area contributed by atoms with Crippen molar-refractivity contribution in [2.75, 3.05) is 13.1 Å². The zero-order valence-electron chi connectivity index (χ0n) is 17.7. The van der Waals surface area contributed by atoms with Crippen molar-refractivity contribution in [3.05, 3.63) is 64.1 Å². The molecule has 3 aromatic rings. The summed E-state index contributed by atoms with van der Waals surface area (Å²) in [5.41, 5.74) is 1.83. The summed E-state index contributed by atoms with van der Waals surface area (Å²) in [4.78, 5) is 20.4. The molecule has 4 rings (SSSR count). The Morgan fingerprint density at radius 1 is 1.29 bits per heavy atom. The van der Waals surface area contributed by atoms with Crippen LogP contribution in [0.4, 0.5) is 0 Å². The number of tetrazole rings is 1.